The van der Waals surface area contributed by atoms with Crippen LogP contribution in [0.25, 0.3) is 33.2 Å². The summed E-state index contributed by atoms with van der Waals surface area (Å²) in [5, 5.41) is 16.6. The fraction of sp³-hybridized carbons (Fsp3) is 0.448. The van der Waals surface area contributed by atoms with Crippen LogP contribution in [0.1, 0.15) is 52.6 Å². The second kappa shape index (κ2) is 13.6. The molecular weight excluding hydrogens is 540 g/mol. The first-order valence-electron chi connectivity index (χ1n) is 13.8. The lowest BCUT2D eigenvalue weighted by molar-refractivity contribution is 0.140. The first-order chi connectivity index (χ1) is 19.7. The minimum atomic E-state index is -0.312. The molecule has 12 heteroatoms. The number of urea groups is 1. The standard InChI is InChI=1S/C29H38N8O3S/c1-8-9-30-29(38)34-25-13-23(28-33-19(6)16-41-28)24(15-31-25)22-12-21(26-36-35-20(7)40-26)14-32-27(22)39-11-10-37(17(2)3)18(4)5/h12-18H,8-11H2,1-7H3,(H2,30,31,34,38). The van der Waals surface area contributed by atoms with E-state index in [4.69, 9.17) is 14.1 Å². The molecule has 0 aliphatic heterocycles. The Kier molecular flexibility index (Phi) is 10.0. The van der Waals surface area contributed by atoms with Crippen molar-refractivity contribution in [3.8, 4) is 39.0 Å². The summed E-state index contributed by atoms with van der Waals surface area (Å²) >= 11 is 1.51. The van der Waals surface area contributed by atoms with E-state index in [2.05, 4.69) is 63.4 Å². The molecule has 0 aliphatic rings. The molecule has 0 aromatic carbocycles. The van der Waals surface area contributed by atoms with Crippen LogP contribution in [0.3, 0.4) is 0 Å². The smallest absolute Gasteiger partial charge is 0.320 e. The summed E-state index contributed by atoms with van der Waals surface area (Å²) in [4.78, 5) is 28.7. The molecule has 0 aliphatic carbocycles. The topological polar surface area (TPSA) is 131 Å². The van der Waals surface area contributed by atoms with Gasteiger partial charge in [0.2, 0.25) is 17.7 Å². The van der Waals surface area contributed by atoms with Gasteiger partial charge in [-0.05, 0) is 53.2 Å². The molecule has 4 heterocycles. The average Bonchev–Trinajstić information content (AvgIpc) is 3.57. The summed E-state index contributed by atoms with van der Waals surface area (Å²) < 4.78 is 12.0. The number of ether oxygens (including phenoxy) is 1. The van der Waals surface area contributed by atoms with Gasteiger partial charge in [-0.1, -0.05) is 6.92 Å². The van der Waals surface area contributed by atoms with Gasteiger partial charge >= 0.3 is 6.03 Å². The van der Waals surface area contributed by atoms with E-state index < -0.39 is 0 Å². The number of hydrogen-bond donors (Lipinski definition) is 2. The molecule has 218 valence electrons. The Morgan fingerprint density at radius 1 is 1.05 bits per heavy atom. The van der Waals surface area contributed by atoms with Gasteiger partial charge in [-0.3, -0.25) is 10.2 Å². The van der Waals surface area contributed by atoms with Crippen molar-refractivity contribution >= 4 is 23.2 Å². The monoisotopic (exact) mass is 578 g/mol. The van der Waals surface area contributed by atoms with Gasteiger partial charge in [-0.25, -0.2) is 19.7 Å². The molecule has 2 amide bonds. The number of nitrogens with zero attached hydrogens (tertiary/aromatic N) is 6. The number of carbonyl (C=O) groups is 1. The maximum Gasteiger partial charge on any atom is 0.320 e. The molecule has 0 spiro atoms. The van der Waals surface area contributed by atoms with E-state index in [1.54, 1.807) is 19.3 Å². The Hall–Kier alpha value is -3.90. The second-order valence-electron chi connectivity index (χ2n) is 10.3. The van der Waals surface area contributed by atoms with E-state index in [0.29, 0.717) is 59.8 Å². The zero-order chi connectivity index (χ0) is 29.5. The average molecular weight is 579 g/mol. The third kappa shape index (κ3) is 7.65. The van der Waals surface area contributed by atoms with Crippen molar-refractivity contribution in [1.82, 2.24) is 35.4 Å². The molecule has 0 atom stereocenters. The number of amides is 2. The minimum absolute atomic E-state index is 0.312. The molecule has 41 heavy (non-hydrogen) atoms. The van der Waals surface area contributed by atoms with E-state index in [-0.39, 0.29) is 6.03 Å². The third-order valence-corrected chi connectivity index (χ3v) is 7.35. The number of carbonyl (C=O) groups excluding carboxylic acids is 1. The molecule has 0 fully saturated rings. The van der Waals surface area contributed by atoms with Gasteiger partial charge in [0.1, 0.15) is 17.4 Å². The van der Waals surface area contributed by atoms with Gasteiger partial charge in [0.25, 0.3) is 0 Å². The molecule has 0 saturated heterocycles. The zero-order valence-electron chi connectivity index (χ0n) is 24.7. The SMILES string of the molecule is CCCNC(=O)Nc1cc(-c2nc(C)cs2)c(-c2cc(-c3nnc(C)o3)cnc2OCCN(C(C)C)C(C)C)cn1. The number of aryl methyl sites for hydroxylation is 2. The Labute approximate surface area is 244 Å². The summed E-state index contributed by atoms with van der Waals surface area (Å²) in [6.45, 7) is 16.2. The molecule has 4 aromatic rings. The highest BCUT2D eigenvalue weighted by molar-refractivity contribution is 7.13. The number of aromatic nitrogens is 5. The normalized spacial score (nSPS) is 11.5. The number of nitrogens with one attached hydrogen (secondary N) is 2. The number of thiazole rings is 1. The summed E-state index contributed by atoms with van der Waals surface area (Å²) in [6.07, 6.45) is 4.22. The third-order valence-electron chi connectivity index (χ3n) is 6.36. The van der Waals surface area contributed by atoms with Gasteiger partial charge in [-0.15, -0.1) is 21.5 Å². The van der Waals surface area contributed by atoms with E-state index in [0.717, 1.165) is 34.8 Å². The first-order valence-corrected chi connectivity index (χ1v) is 14.7. The van der Waals surface area contributed by atoms with Crippen LogP contribution in [-0.2, 0) is 0 Å². The van der Waals surface area contributed by atoms with Gasteiger partial charge in [0.15, 0.2) is 0 Å². The van der Waals surface area contributed by atoms with Crippen LogP contribution >= 0.6 is 11.3 Å². The Morgan fingerprint density at radius 2 is 1.83 bits per heavy atom. The predicted octanol–water partition coefficient (Wildman–Crippen LogP) is 5.96. The van der Waals surface area contributed by atoms with Gasteiger partial charge in [-0.2, -0.15) is 0 Å². The number of anilines is 1. The van der Waals surface area contributed by atoms with E-state index in [9.17, 15) is 4.79 Å². The molecule has 4 rings (SSSR count). The maximum absolute atomic E-state index is 12.4. The van der Waals surface area contributed by atoms with Crippen LogP contribution in [0.4, 0.5) is 10.6 Å². The van der Waals surface area contributed by atoms with E-state index in [1.807, 2.05) is 31.4 Å². The lowest BCUT2D eigenvalue weighted by Gasteiger charge is -2.30. The minimum Gasteiger partial charge on any atom is -0.476 e. The van der Waals surface area contributed by atoms with Crippen molar-refractivity contribution in [2.24, 2.45) is 0 Å². The van der Waals surface area contributed by atoms with Crippen LogP contribution < -0.4 is 15.4 Å². The largest absolute Gasteiger partial charge is 0.476 e. The molecule has 0 unspecified atom stereocenters. The van der Waals surface area contributed by atoms with Crippen LogP contribution in [0.5, 0.6) is 5.88 Å². The van der Waals surface area contributed by atoms with E-state index >= 15 is 0 Å². The van der Waals surface area contributed by atoms with Crippen molar-refractivity contribution in [3.63, 3.8) is 0 Å². The number of rotatable bonds is 12. The zero-order valence-corrected chi connectivity index (χ0v) is 25.5. The molecule has 4 aromatic heterocycles. The van der Waals surface area contributed by atoms with Crippen molar-refractivity contribution < 1.29 is 13.9 Å². The molecule has 2 N–H and O–H groups in total. The molecule has 0 radical (unpaired) electrons. The van der Waals surface area contributed by atoms with Crippen molar-refractivity contribution in [3.05, 3.63) is 41.5 Å². The summed E-state index contributed by atoms with van der Waals surface area (Å²) in [7, 11) is 0. The lowest BCUT2D eigenvalue weighted by Crippen LogP contribution is -2.39. The van der Waals surface area contributed by atoms with Crippen LogP contribution in [-0.4, -0.2) is 67.9 Å². The Balaban J connectivity index is 1.77. The van der Waals surface area contributed by atoms with E-state index in [1.165, 1.54) is 11.3 Å². The van der Waals surface area contributed by atoms with Crippen LogP contribution in [0, 0.1) is 13.8 Å². The highest BCUT2D eigenvalue weighted by atomic mass is 32.1. The number of hydrogen-bond acceptors (Lipinski definition) is 10. The highest BCUT2D eigenvalue weighted by Gasteiger charge is 2.21. The van der Waals surface area contributed by atoms with Gasteiger partial charge in [0, 0.05) is 72.3 Å². The summed E-state index contributed by atoms with van der Waals surface area (Å²) in [6, 6.07) is 4.19. The van der Waals surface area contributed by atoms with Crippen LogP contribution in [0.15, 0.2) is 34.3 Å². The summed E-state index contributed by atoms with van der Waals surface area (Å²) in [5.74, 6) is 1.69. The fourth-order valence-corrected chi connectivity index (χ4v) is 5.27. The molecular formula is C29H38N8O3S. The molecule has 0 bridgehead atoms. The number of pyridine rings is 2. The molecule has 0 saturated carbocycles. The second-order valence-corrected chi connectivity index (χ2v) is 11.1. The first kappa shape index (κ1) is 30.1. The predicted molar refractivity (Wildman–Crippen MR) is 161 cm³/mol. The summed E-state index contributed by atoms with van der Waals surface area (Å²) in [5.41, 5.74) is 3.80. The van der Waals surface area contributed by atoms with Crippen molar-refractivity contribution in [2.75, 3.05) is 25.0 Å². The highest BCUT2D eigenvalue weighted by Crippen LogP contribution is 2.40. The van der Waals surface area contributed by atoms with Crippen LogP contribution in [0.2, 0.25) is 0 Å². The van der Waals surface area contributed by atoms with Crippen molar-refractivity contribution in [1.29, 1.82) is 0 Å². The van der Waals surface area contributed by atoms with Gasteiger partial charge < -0.3 is 14.5 Å². The quantitative estimate of drug-likeness (QED) is 0.209. The fourth-order valence-electron chi connectivity index (χ4n) is 4.44. The maximum atomic E-state index is 12.4. The molecule has 11 nitrogen and oxygen atoms in total. The van der Waals surface area contributed by atoms with Crippen molar-refractivity contribution in [2.45, 2.75) is 67.0 Å². The Morgan fingerprint density at radius 3 is 2.46 bits per heavy atom. The lowest BCUT2D eigenvalue weighted by atomic mass is 10.0. The van der Waals surface area contributed by atoms with Gasteiger partial charge in [0.05, 0.1) is 5.56 Å². The Bertz CT molecular complexity index is 1460.